The van der Waals surface area contributed by atoms with Gasteiger partial charge in [0.05, 0.1) is 6.54 Å². The van der Waals surface area contributed by atoms with E-state index in [4.69, 9.17) is 17.3 Å². The zero-order chi connectivity index (χ0) is 12.8. The third kappa shape index (κ3) is 3.56. The zero-order valence-electron chi connectivity index (χ0n) is 10.1. The van der Waals surface area contributed by atoms with Crippen molar-refractivity contribution >= 4 is 23.3 Å². The van der Waals surface area contributed by atoms with Crippen molar-refractivity contribution in [3.05, 3.63) is 17.0 Å². The van der Waals surface area contributed by atoms with Crippen molar-refractivity contribution in [1.82, 2.24) is 9.97 Å². The first-order chi connectivity index (χ1) is 8.10. The molecular weight excluding hydrogens is 240 g/mol. The Balaban J connectivity index is 3.08. The molecule has 1 aromatic rings. The summed E-state index contributed by atoms with van der Waals surface area (Å²) < 4.78 is 0. The molecule has 2 N–H and O–H groups in total. The highest BCUT2D eigenvalue weighted by molar-refractivity contribution is 6.30. The van der Waals surface area contributed by atoms with E-state index in [-0.39, 0.29) is 12.5 Å². The quantitative estimate of drug-likeness (QED) is 0.781. The van der Waals surface area contributed by atoms with Crippen molar-refractivity contribution in [3.63, 3.8) is 0 Å². The van der Waals surface area contributed by atoms with Gasteiger partial charge < -0.3 is 10.6 Å². The van der Waals surface area contributed by atoms with Gasteiger partial charge in [-0.2, -0.15) is 0 Å². The molecule has 0 fully saturated rings. The van der Waals surface area contributed by atoms with Gasteiger partial charge in [-0.05, 0) is 13.3 Å². The lowest BCUT2D eigenvalue weighted by Crippen LogP contribution is -2.35. The van der Waals surface area contributed by atoms with Gasteiger partial charge in [-0.1, -0.05) is 24.9 Å². The van der Waals surface area contributed by atoms with Crippen LogP contribution >= 0.6 is 11.6 Å². The summed E-state index contributed by atoms with van der Waals surface area (Å²) in [7, 11) is 0. The minimum atomic E-state index is -0.385. The summed E-state index contributed by atoms with van der Waals surface area (Å²) in [6, 6.07) is 0. The minimum absolute atomic E-state index is 0.139. The topological polar surface area (TPSA) is 72.1 Å². The van der Waals surface area contributed by atoms with Crippen LogP contribution in [0.1, 0.15) is 25.8 Å². The fraction of sp³-hybridized carbons (Fsp3) is 0.545. The molecule has 5 nitrogen and oxygen atoms in total. The van der Waals surface area contributed by atoms with Crippen LogP contribution in [0.25, 0.3) is 0 Å². The smallest absolute Gasteiger partial charge is 0.236 e. The first-order valence-corrected chi connectivity index (χ1v) is 6.00. The summed E-state index contributed by atoms with van der Waals surface area (Å²) in [5.41, 5.74) is 6.09. The molecular formula is C11H17ClN4O. The Labute approximate surface area is 106 Å². The maximum absolute atomic E-state index is 11.0. The number of carbonyl (C=O) groups excluding carboxylic acids is 1. The van der Waals surface area contributed by atoms with E-state index in [0.717, 1.165) is 18.4 Å². The lowest BCUT2D eigenvalue weighted by atomic mass is 10.1. The molecule has 94 valence electrons. The van der Waals surface area contributed by atoms with Gasteiger partial charge >= 0.3 is 0 Å². The van der Waals surface area contributed by atoms with Crippen LogP contribution in [0.15, 0.2) is 6.33 Å². The molecule has 17 heavy (non-hydrogen) atoms. The summed E-state index contributed by atoms with van der Waals surface area (Å²) in [6.45, 7) is 4.78. The van der Waals surface area contributed by atoms with Gasteiger partial charge in [0.15, 0.2) is 0 Å². The van der Waals surface area contributed by atoms with Crippen LogP contribution in [0, 0.1) is 0 Å². The van der Waals surface area contributed by atoms with E-state index in [9.17, 15) is 4.79 Å². The number of likely N-dealkylation sites (N-methyl/N-ethyl adjacent to an activating group) is 1. The Morgan fingerprint density at radius 2 is 2.18 bits per heavy atom. The second kappa shape index (κ2) is 6.39. The highest BCUT2D eigenvalue weighted by Crippen LogP contribution is 2.24. The van der Waals surface area contributed by atoms with Crippen molar-refractivity contribution in [1.29, 1.82) is 0 Å². The molecule has 0 aliphatic heterocycles. The lowest BCUT2D eigenvalue weighted by molar-refractivity contribution is -0.116. The molecule has 0 spiro atoms. The average molecular weight is 257 g/mol. The minimum Gasteiger partial charge on any atom is -0.368 e. The molecule has 0 saturated heterocycles. The molecule has 0 unspecified atom stereocenters. The van der Waals surface area contributed by atoms with Crippen molar-refractivity contribution in [3.8, 4) is 0 Å². The number of anilines is 1. The van der Waals surface area contributed by atoms with Gasteiger partial charge in [-0.3, -0.25) is 4.79 Å². The number of nitrogens with zero attached hydrogens (tertiary/aromatic N) is 3. The molecule has 1 heterocycles. The van der Waals surface area contributed by atoms with Crippen LogP contribution in [0.3, 0.4) is 0 Å². The largest absolute Gasteiger partial charge is 0.368 e. The molecule has 0 aliphatic rings. The fourth-order valence-electron chi connectivity index (χ4n) is 1.64. The van der Waals surface area contributed by atoms with Crippen LogP contribution in [-0.2, 0) is 11.2 Å². The van der Waals surface area contributed by atoms with E-state index in [1.807, 2.05) is 6.92 Å². The Morgan fingerprint density at radius 3 is 2.71 bits per heavy atom. The molecule has 0 aromatic carbocycles. The van der Waals surface area contributed by atoms with E-state index in [0.29, 0.717) is 17.5 Å². The van der Waals surface area contributed by atoms with Gasteiger partial charge in [0.2, 0.25) is 5.91 Å². The number of nitrogens with two attached hydrogens (primary N) is 1. The monoisotopic (exact) mass is 256 g/mol. The number of hydrogen-bond acceptors (Lipinski definition) is 4. The van der Waals surface area contributed by atoms with Gasteiger partial charge in [0, 0.05) is 12.1 Å². The predicted octanol–water partition coefficient (Wildman–Crippen LogP) is 1.39. The van der Waals surface area contributed by atoms with Crippen LogP contribution in [-0.4, -0.2) is 29.0 Å². The summed E-state index contributed by atoms with van der Waals surface area (Å²) in [5.74, 6) is 0.317. The van der Waals surface area contributed by atoms with Crippen molar-refractivity contribution in [2.24, 2.45) is 5.73 Å². The molecule has 0 bridgehead atoms. The first-order valence-electron chi connectivity index (χ1n) is 5.62. The average Bonchev–Trinajstić information content (AvgIpc) is 2.29. The van der Waals surface area contributed by atoms with Gasteiger partial charge in [-0.15, -0.1) is 0 Å². The maximum Gasteiger partial charge on any atom is 0.236 e. The van der Waals surface area contributed by atoms with Gasteiger partial charge in [-0.25, -0.2) is 9.97 Å². The Kier molecular flexibility index (Phi) is 5.15. The number of carbonyl (C=O) groups is 1. The summed E-state index contributed by atoms with van der Waals surface area (Å²) in [5, 5.41) is 0.444. The number of hydrogen-bond donors (Lipinski definition) is 1. The van der Waals surface area contributed by atoms with Gasteiger partial charge in [0.1, 0.15) is 17.3 Å². The van der Waals surface area contributed by atoms with Crippen molar-refractivity contribution in [2.45, 2.75) is 26.7 Å². The lowest BCUT2D eigenvalue weighted by Gasteiger charge is -2.22. The highest BCUT2D eigenvalue weighted by Gasteiger charge is 2.16. The Bertz CT molecular complexity index is 397. The molecule has 1 rings (SSSR count). The summed E-state index contributed by atoms with van der Waals surface area (Å²) in [4.78, 5) is 21.0. The first kappa shape index (κ1) is 13.7. The zero-order valence-corrected chi connectivity index (χ0v) is 10.9. The highest BCUT2D eigenvalue weighted by atomic mass is 35.5. The molecule has 0 saturated carbocycles. The third-order valence-electron chi connectivity index (χ3n) is 2.40. The second-order valence-corrected chi connectivity index (χ2v) is 4.06. The standard InChI is InChI=1S/C11H17ClN4O/c1-3-5-8-10(12)14-7-15-11(8)16(4-2)6-9(13)17/h7H,3-6H2,1-2H3,(H2,13,17). The van der Waals surface area contributed by atoms with Crippen molar-refractivity contribution in [2.75, 3.05) is 18.0 Å². The van der Waals surface area contributed by atoms with Crippen molar-refractivity contribution < 1.29 is 4.79 Å². The number of aromatic nitrogens is 2. The molecule has 6 heteroatoms. The van der Waals surface area contributed by atoms with E-state index < -0.39 is 0 Å². The summed E-state index contributed by atoms with van der Waals surface area (Å²) in [6.07, 6.45) is 3.12. The SMILES string of the molecule is CCCc1c(Cl)ncnc1N(CC)CC(N)=O. The Morgan fingerprint density at radius 1 is 1.47 bits per heavy atom. The fourth-order valence-corrected chi connectivity index (χ4v) is 1.87. The van der Waals surface area contributed by atoms with E-state index in [2.05, 4.69) is 16.9 Å². The molecule has 1 aromatic heterocycles. The van der Waals surface area contributed by atoms with Crippen LogP contribution < -0.4 is 10.6 Å². The number of amides is 1. The number of halogens is 1. The third-order valence-corrected chi connectivity index (χ3v) is 2.72. The maximum atomic E-state index is 11.0. The van der Waals surface area contributed by atoms with E-state index >= 15 is 0 Å². The number of primary amides is 1. The van der Waals surface area contributed by atoms with Crippen LogP contribution in [0.2, 0.25) is 5.15 Å². The Hall–Kier alpha value is -1.36. The van der Waals surface area contributed by atoms with Crippen LogP contribution in [0.4, 0.5) is 5.82 Å². The molecule has 1 amide bonds. The van der Waals surface area contributed by atoms with Crippen LogP contribution in [0.5, 0.6) is 0 Å². The normalized spacial score (nSPS) is 10.3. The molecule has 0 radical (unpaired) electrons. The second-order valence-electron chi connectivity index (χ2n) is 3.70. The van der Waals surface area contributed by atoms with E-state index in [1.165, 1.54) is 6.33 Å². The van der Waals surface area contributed by atoms with Gasteiger partial charge in [0.25, 0.3) is 0 Å². The molecule has 0 aliphatic carbocycles. The predicted molar refractivity (Wildman–Crippen MR) is 68.1 cm³/mol. The molecule has 0 atom stereocenters. The summed E-state index contributed by atoms with van der Waals surface area (Å²) >= 11 is 6.05. The van der Waals surface area contributed by atoms with E-state index in [1.54, 1.807) is 4.90 Å². The number of rotatable bonds is 6.